The Morgan fingerprint density at radius 1 is 1.23 bits per heavy atom. The zero-order chi connectivity index (χ0) is 18.9. The normalized spacial score (nSPS) is 40.8. The van der Waals surface area contributed by atoms with E-state index in [1.807, 2.05) is 0 Å². The predicted octanol–water partition coefficient (Wildman–Crippen LogP) is 4.34. The highest BCUT2D eigenvalue weighted by molar-refractivity contribution is 5.93. The van der Waals surface area contributed by atoms with Crippen LogP contribution < -0.4 is 0 Å². The molecule has 26 heavy (non-hydrogen) atoms. The smallest absolute Gasteiger partial charge is 0.334 e. The lowest BCUT2D eigenvalue weighted by Gasteiger charge is -2.62. The topological polar surface area (TPSA) is 52.6 Å². The summed E-state index contributed by atoms with van der Waals surface area (Å²) in [5.41, 5.74) is 3.07. The minimum absolute atomic E-state index is 0.0807. The summed E-state index contributed by atoms with van der Waals surface area (Å²) in [7, 11) is 0. The average molecular weight is 358 g/mol. The molecular weight excluding hydrogens is 328 g/mol. The molecule has 4 rings (SSSR count). The van der Waals surface area contributed by atoms with Gasteiger partial charge in [-0.1, -0.05) is 38.8 Å². The predicted molar refractivity (Wildman–Crippen MR) is 98.2 cm³/mol. The molecule has 4 nitrogen and oxygen atoms in total. The van der Waals surface area contributed by atoms with Crippen LogP contribution in [-0.2, 0) is 19.1 Å². The van der Waals surface area contributed by atoms with E-state index >= 15 is 0 Å². The van der Waals surface area contributed by atoms with Crippen molar-refractivity contribution < 1.29 is 19.1 Å². The quantitative estimate of drug-likeness (QED) is 0.517. The zero-order valence-electron chi connectivity index (χ0n) is 16.6. The van der Waals surface area contributed by atoms with Crippen molar-refractivity contribution >= 4 is 11.9 Å². The monoisotopic (exact) mass is 358 g/mol. The number of hydrogen-bond donors (Lipinski definition) is 0. The summed E-state index contributed by atoms with van der Waals surface area (Å²) >= 11 is 0. The van der Waals surface area contributed by atoms with E-state index in [9.17, 15) is 9.59 Å². The van der Waals surface area contributed by atoms with E-state index in [0.717, 1.165) is 24.0 Å². The summed E-state index contributed by atoms with van der Waals surface area (Å²) in [5, 5.41) is 0. The van der Waals surface area contributed by atoms with Crippen molar-refractivity contribution in [3.8, 4) is 0 Å². The molecule has 0 amide bonds. The van der Waals surface area contributed by atoms with Gasteiger partial charge in [-0.2, -0.15) is 0 Å². The van der Waals surface area contributed by atoms with Crippen molar-refractivity contribution in [1.29, 1.82) is 0 Å². The third-order valence-corrected chi connectivity index (χ3v) is 7.90. The lowest BCUT2D eigenvalue weighted by molar-refractivity contribution is -0.161. The third kappa shape index (κ3) is 2.20. The van der Waals surface area contributed by atoms with Gasteiger partial charge in [-0.25, -0.2) is 4.79 Å². The first-order valence-corrected chi connectivity index (χ1v) is 9.88. The van der Waals surface area contributed by atoms with Crippen LogP contribution in [0.4, 0.5) is 0 Å². The van der Waals surface area contributed by atoms with Gasteiger partial charge in [0.05, 0.1) is 5.41 Å². The molecule has 0 bridgehead atoms. The highest BCUT2D eigenvalue weighted by Gasteiger charge is 2.62. The molecule has 1 unspecified atom stereocenters. The van der Waals surface area contributed by atoms with E-state index in [4.69, 9.17) is 9.47 Å². The van der Waals surface area contributed by atoms with Crippen LogP contribution >= 0.6 is 0 Å². The van der Waals surface area contributed by atoms with E-state index in [1.165, 1.54) is 25.3 Å². The Morgan fingerprint density at radius 2 is 1.96 bits per heavy atom. The third-order valence-electron chi connectivity index (χ3n) is 7.90. The van der Waals surface area contributed by atoms with Gasteiger partial charge >= 0.3 is 11.9 Å². The fourth-order valence-corrected chi connectivity index (χ4v) is 6.72. The maximum absolute atomic E-state index is 12.2. The fourth-order valence-electron chi connectivity index (χ4n) is 6.72. The molecule has 4 aliphatic rings. The van der Waals surface area contributed by atoms with Crippen molar-refractivity contribution in [3.05, 3.63) is 22.8 Å². The second-order valence-electron chi connectivity index (χ2n) is 9.70. The molecule has 0 spiro atoms. The Morgan fingerprint density at radius 3 is 2.65 bits per heavy atom. The Hall–Kier alpha value is -1.58. The Bertz CT molecular complexity index is 743. The first kappa shape index (κ1) is 17.8. The van der Waals surface area contributed by atoms with Gasteiger partial charge in [-0.3, -0.25) is 4.79 Å². The van der Waals surface area contributed by atoms with Gasteiger partial charge in [0.1, 0.15) is 12.7 Å². The van der Waals surface area contributed by atoms with Crippen LogP contribution in [0, 0.1) is 22.2 Å². The molecule has 1 heterocycles. The van der Waals surface area contributed by atoms with Crippen LogP contribution in [0.2, 0.25) is 0 Å². The molecule has 4 heteroatoms. The molecule has 0 N–H and O–H groups in total. The van der Waals surface area contributed by atoms with E-state index < -0.39 is 5.41 Å². The number of hydrogen-bond acceptors (Lipinski definition) is 4. The Labute approximate surface area is 156 Å². The van der Waals surface area contributed by atoms with E-state index in [0.29, 0.717) is 18.9 Å². The minimum atomic E-state index is -0.427. The summed E-state index contributed by atoms with van der Waals surface area (Å²) in [6, 6.07) is 0. The van der Waals surface area contributed by atoms with Gasteiger partial charge < -0.3 is 9.47 Å². The summed E-state index contributed by atoms with van der Waals surface area (Å²) < 4.78 is 11.3. The van der Waals surface area contributed by atoms with E-state index in [1.54, 1.807) is 0 Å². The Balaban J connectivity index is 1.87. The van der Waals surface area contributed by atoms with Gasteiger partial charge in [0, 0.05) is 12.5 Å². The van der Waals surface area contributed by atoms with Crippen LogP contribution in [0.5, 0.6) is 0 Å². The number of esters is 2. The van der Waals surface area contributed by atoms with Gasteiger partial charge in [0.2, 0.25) is 0 Å². The SMILES string of the molecule is CC(=O)O[C@@H]1CC2C(C)(C)CCC[C@]2(C)C2=CCC3=C(COC3=O)[C@@]21C. The first-order chi connectivity index (χ1) is 12.1. The summed E-state index contributed by atoms with van der Waals surface area (Å²) in [6.45, 7) is 11.1. The zero-order valence-corrected chi connectivity index (χ0v) is 16.6. The number of rotatable bonds is 1. The molecule has 0 radical (unpaired) electrons. The minimum Gasteiger partial charge on any atom is -0.461 e. The van der Waals surface area contributed by atoms with Crippen LogP contribution in [0.25, 0.3) is 0 Å². The van der Waals surface area contributed by atoms with Crippen LogP contribution in [0.15, 0.2) is 22.8 Å². The Kier molecular flexibility index (Phi) is 3.74. The van der Waals surface area contributed by atoms with E-state index in [2.05, 4.69) is 33.8 Å². The van der Waals surface area contributed by atoms with Crippen molar-refractivity contribution in [1.82, 2.24) is 0 Å². The number of fused-ring (bicyclic) bond motifs is 4. The second-order valence-corrected chi connectivity index (χ2v) is 9.70. The van der Waals surface area contributed by atoms with Crippen LogP contribution in [0.3, 0.4) is 0 Å². The maximum Gasteiger partial charge on any atom is 0.334 e. The van der Waals surface area contributed by atoms with Crippen molar-refractivity contribution in [2.24, 2.45) is 22.2 Å². The van der Waals surface area contributed by atoms with Crippen molar-refractivity contribution in [3.63, 3.8) is 0 Å². The molecule has 0 aromatic carbocycles. The first-order valence-electron chi connectivity index (χ1n) is 9.88. The molecular formula is C22H30O4. The summed E-state index contributed by atoms with van der Waals surface area (Å²) in [4.78, 5) is 24.1. The van der Waals surface area contributed by atoms with Crippen molar-refractivity contribution in [2.45, 2.75) is 72.8 Å². The van der Waals surface area contributed by atoms with Crippen LogP contribution in [0.1, 0.15) is 66.7 Å². The standard InChI is InChI=1S/C22H30O4/c1-13(23)26-18-11-17-20(2,3)9-6-10-21(17,4)16-8-7-14-15(22(16,18)5)12-25-19(14)24/h8,17-18H,6-7,9-12H2,1-5H3/t17?,18-,21-,22+/m1/s1. The molecule has 0 saturated heterocycles. The van der Waals surface area contributed by atoms with Gasteiger partial charge in [0.25, 0.3) is 0 Å². The van der Waals surface area contributed by atoms with Gasteiger partial charge in [-0.05, 0) is 54.9 Å². The summed E-state index contributed by atoms with van der Waals surface area (Å²) in [6.07, 6.45) is 7.10. The maximum atomic E-state index is 12.2. The molecule has 1 aliphatic heterocycles. The molecule has 3 aliphatic carbocycles. The number of ether oxygens (including phenoxy) is 2. The highest BCUT2D eigenvalue weighted by atomic mass is 16.5. The second kappa shape index (κ2) is 5.46. The molecule has 2 saturated carbocycles. The lowest BCUT2D eigenvalue weighted by atomic mass is 9.43. The van der Waals surface area contributed by atoms with Crippen LogP contribution in [-0.4, -0.2) is 24.6 Å². The largest absolute Gasteiger partial charge is 0.461 e. The molecule has 4 atom stereocenters. The van der Waals surface area contributed by atoms with Gasteiger partial charge in [0.15, 0.2) is 0 Å². The number of carbonyl (C=O) groups excluding carboxylic acids is 2. The highest BCUT2D eigenvalue weighted by Crippen LogP contribution is 2.67. The summed E-state index contributed by atoms with van der Waals surface area (Å²) in [5.74, 6) is 0.0210. The number of carbonyl (C=O) groups is 2. The average Bonchev–Trinajstić information content (AvgIpc) is 2.91. The number of cyclic esters (lactones) is 1. The van der Waals surface area contributed by atoms with E-state index in [-0.39, 0.29) is 28.9 Å². The molecule has 2 fully saturated rings. The van der Waals surface area contributed by atoms with Crippen molar-refractivity contribution in [2.75, 3.05) is 6.61 Å². The molecule has 0 aromatic heterocycles. The lowest BCUT2D eigenvalue weighted by Crippen LogP contribution is -2.58. The number of allylic oxidation sites excluding steroid dienone is 1. The fraction of sp³-hybridized carbons (Fsp3) is 0.727. The molecule has 0 aromatic rings. The molecule has 142 valence electrons. The van der Waals surface area contributed by atoms with Gasteiger partial charge in [-0.15, -0.1) is 0 Å².